The van der Waals surface area contributed by atoms with Gasteiger partial charge in [-0.15, -0.1) is 10.2 Å². The molecule has 1 aliphatic heterocycles. The Morgan fingerprint density at radius 3 is 2.45 bits per heavy atom. The zero-order valence-corrected chi connectivity index (χ0v) is 11.1. The molecule has 0 spiro atoms. The minimum absolute atomic E-state index is 0.165. The maximum absolute atomic E-state index is 12.7. The highest BCUT2D eigenvalue weighted by atomic mass is 19.4. The minimum atomic E-state index is -4.44. The zero-order chi connectivity index (χ0) is 15.9. The average molecular weight is 319 g/mol. The lowest BCUT2D eigenvalue weighted by Gasteiger charge is -2.28. The van der Waals surface area contributed by atoms with Crippen LogP contribution in [0.15, 0.2) is 18.3 Å². The Morgan fingerprint density at radius 1 is 1.09 bits per heavy atom. The molecule has 0 radical (unpaired) electrons. The van der Waals surface area contributed by atoms with E-state index >= 15 is 0 Å². The molecule has 0 bridgehead atoms. The van der Waals surface area contributed by atoms with Gasteiger partial charge in [0.15, 0.2) is 11.6 Å². The molecule has 1 aliphatic rings. The minimum Gasteiger partial charge on any atom is -0.347 e. The normalized spacial score (nSPS) is 15.3. The van der Waals surface area contributed by atoms with Gasteiger partial charge in [0.25, 0.3) is 6.43 Å². The van der Waals surface area contributed by atoms with E-state index in [4.69, 9.17) is 0 Å². The number of aromatic nitrogens is 4. The molecular weight excluding hydrogens is 309 g/mol. The molecule has 2 aromatic rings. The third-order valence-electron chi connectivity index (χ3n) is 3.38. The number of halogens is 5. The van der Waals surface area contributed by atoms with Crippen molar-refractivity contribution in [3.05, 3.63) is 35.5 Å². The first-order valence-corrected chi connectivity index (χ1v) is 6.34. The third kappa shape index (κ3) is 2.60. The quantitative estimate of drug-likeness (QED) is 0.799. The van der Waals surface area contributed by atoms with Crippen molar-refractivity contribution >= 4 is 5.82 Å². The van der Waals surface area contributed by atoms with Crippen molar-refractivity contribution in [2.24, 2.45) is 0 Å². The Bertz CT molecular complexity index is 664. The van der Waals surface area contributed by atoms with Crippen LogP contribution in [0.5, 0.6) is 0 Å². The number of fused-ring (bicyclic) bond motifs is 1. The Kier molecular flexibility index (Phi) is 3.45. The number of alkyl halides is 5. The summed E-state index contributed by atoms with van der Waals surface area (Å²) in [5, 5.41) is 7.13. The van der Waals surface area contributed by atoms with Crippen molar-refractivity contribution < 1.29 is 22.0 Å². The number of nitrogens with zero attached hydrogens (tertiary/aromatic N) is 5. The lowest BCUT2D eigenvalue weighted by molar-refractivity contribution is -0.137. The maximum Gasteiger partial charge on any atom is 0.417 e. The first kappa shape index (κ1) is 14.7. The van der Waals surface area contributed by atoms with Gasteiger partial charge in [0.2, 0.25) is 0 Å². The number of rotatable bonds is 2. The van der Waals surface area contributed by atoms with Gasteiger partial charge in [-0.1, -0.05) is 0 Å². The smallest absolute Gasteiger partial charge is 0.347 e. The summed E-state index contributed by atoms with van der Waals surface area (Å²) in [6, 6.07) is 2.19. The van der Waals surface area contributed by atoms with Gasteiger partial charge in [0.05, 0.1) is 12.1 Å². The molecule has 0 aromatic carbocycles. The molecule has 22 heavy (non-hydrogen) atoms. The lowest BCUT2D eigenvalue weighted by Crippen LogP contribution is -2.35. The second-order valence-corrected chi connectivity index (χ2v) is 4.75. The molecule has 10 heteroatoms. The van der Waals surface area contributed by atoms with Crippen molar-refractivity contribution in [1.29, 1.82) is 0 Å². The van der Waals surface area contributed by atoms with E-state index in [9.17, 15) is 22.0 Å². The zero-order valence-electron chi connectivity index (χ0n) is 11.1. The van der Waals surface area contributed by atoms with Gasteiger partial charge < -0.3 is 9.47 Å². The summed E-state index contributed by atoms with van der Waals surface area (Å²) >= 11 is 0. The molecule has 0 aliphatic carbocycles. The predicted octanol–water partition coefficient (Wildman–Crippen LogP) is 2.65. The first-order chi connectivity index (χ1) is 10.4. The van der Waals surface area contributed by atoms with Crippen molar-refractivity contribution in [2.45, 2.75) is 25.7 Å². The van der Waals surface area contributed by atoms with Gasteiger partial charge in [0.1, 0.15) is 5.82 Å². The van der Waals surface area contributed by atoms with E-state index in [0.717, 1.165) is 12.3 Å². The van der Waals surface area contributed by atoms with Crippen LogP contribution in [-0.2, 0) is 19.3 Å². The Balaban J connectivity index is 1.80. The fraction of sp³-hybridized carbons (Fsp3) is 0.417. The van der Waals surface area contributed by atoms with Crippen LogP contribution in [0.2, 0.25) is 0 Å². The van der Waals surface area contributed by atoms with Crippen LogP contribution in [0.3, 0.4) is 0 Å². The molecule has 3 heterocycles. The second-order valence-electron chi connectivity index (χ2n) is 4.75. The van der Waals surface area contributed by atoms with Gasteiger partial charge in [0, 0.05) is 19.3 Å². The number of pyridine rings is 1. The second kappa shape index (κ2) is 5.18. The van der Waals surface area contributed by atoms with Gasteiger partial charge in [-0.05, 0) is 12.1 Å². The Morgan fingerprint density at radius 2 is 1.86 bits per heavy atom. The summed E-state index contributed by atoms with van der Waals surface area (Å²) in [6.07, 6.45) is -6.41. The average Bonchev–Trinajstić information content (AvgIpc) is 2.89. The molecule has 0 unspecified atom stereocenters. The van der Waals surface area contributed by atoms with E-state index in [0.29, 0.717) is 18.2 Å². The van der Waals surface area contributed by atoms with Gasteiger partial charge in [-0.3, -0.25) is 0 Å². The fourth-order valence-electron chi connectivity index (χ4n) is 2.28. The highest BCUT2D eigenvalue weighted by molar-refractivity contribution is 5.40. The molecule has 0 amide bonds. The standard InChI is InChI=1S/C12H10F5N5/c13-10(14)11-20-19-9-6-21(3-4-22(9)11)8-2-1-7(5-18-8)12(15,16)17/h1-2,5,10H,3-4,6H2. The van der Waals surface area contributed by atoms with Crippen LogP contribution < -0.4 is 4.90 Å². The van der Waals surface area contributed by atoms with Crippen LogP contribution in [0, 0.1) is 0 Å². The predicted molar refractivity (Wildman–Crippen MR) is 65.3 cm³/mol. The van der Waals surface area contributed by atoms with Gasteiger partial charge in [-0.25, -0.2) is 13.8 Å². The van der Waals surface area contributed by atoms with Crippen molar-refractivity contribution in [3.63, 3.8) is 0 Å². The molecule has 5 nitrogen and oxygen atoms in total. The molecule has 0 saturated carbocycles. The Labute approximate surface area is 121 Å². The Hall–Kier alpha value is -2.26. The summed E-state index contributed by atoms with van der Waals surface area (Å²) in [7, 11) is 0. The molecular formula is C12H10F5N5. The van der Waals surface area contributed by atoms with Crippen LogP contribution in [-0.4, -0.2) is 26.3 Å². The number of hydrogen-bond acceptors (Lipinski definition) is 4. The molecule has 0 N–H and O–H groups in total. The molecule has 2 aromatic heterocycles. The van der Waals surface area contributed by atoms with E-state index in [1.165, 1.54) is 10.6 Å². The molecule has 0 atom stereocenters. The molecule has 0 saturated heterocycles. The van der Waals surface area contributed by atoms with E-state index in [2.05, 4.69) is 15.2 Å². The van der Waals surface area contributed by atoms with E-state index in [-0.39, 0.29) is 13.1 Å². The summed E-state index contributed by atoms with van der Waals surface area (Å²) in [5.41, 5.74) is -0.837. The van der Waals surface area contributed by atoms with Crippen LogP contribution in [0.1, 0.15) is 23.6 Å². The summed E-state index contributed by atoms with van der Waals surface area (Å²) in [6.45, 7) is 0.728. The van der Waals surface area contributed by atoms with E-state index < -0.39 is 24.0 Å². The fourth-order valence-corrected chi connectivity index (χ4v) is 2.28. The molecule has 3 rings (SSSR count). The van der Waals surface area contributed by atoms with Crippen molar-refractivity contribution in [1.82, 2.24) is 19.7 Å². The van der Waals surface area contributed by atoms with Gasteiger partial charge in [-0.2, -0.15) is 13.2 Å². The summed E-state index contributed by atoms with van der Waals surface area (Å²) in [4.78, 5) is 5.45. The highest BCUT2D eigenvalue weighted by Gasteiger charge is 2.31. The van der Waals surface area contributed by atoms with Crippen molar-refractivity contribution in [3.8, 4) is 0 Å². The van der Waals surface area contributed by atoms with E-state index in [1.807, 2.05) is 0 Å². The monoisotopic (exact) mass is 319 g/mol. The van der Waals surface area contributed by atoms with E-state index in [1.54, 1.807) is 4.90 Å². The molecule has 118 valence electrons. The maximum atomic E-state index is 12.7. The number of anilines is 1. The lowest BCUT2D eigenvalue weighted by atomic mass is 10.2. The van der Waals surface area contributed by atoms with Crippen LogP contribution in [0.4, 0.5) is 27.8 Å². The largest absolute Gasteiger partial charge is 0.417 e. The topological polar surface area (TPSA) is 46.8 Å². The SMILES string of the molecule is FC(F)c1nnc2n1CCN(c1ccc(C(F)(F)F)cn1)C2. The van der Waals surface area contributed by atoms with Crippen LogP contribution in [0.25, 0.3) is 0 Å². The summed E-state index contributed by atoms with van der Waals surface area (Å²) in [5.74, 6) is 0.277. The summed E-state index contributed by atoms with van der Waals surface area (Å²) < 4.78 is 64.2. The third-order valence-corrected chi connectivity index (χ3v) is 3.38. The van der Waals surface area contributed by atoms with Crippen LogP contribution >= 0.6 is 0 Å². The van der Waals surface area contributed by atoms with Crippen molar-refractivity contribution in [2.75, 3.05) is 11.4 Å². The highest BCUT2D eigenvalue weighted by Crippen LogP contribution is 2.30. The first-order valence-electron chi connectivity index (χ1n) is 6.34. The number of hydrogen-bond donors (Lipinski definition) is 0. The molecule has 0 fully saturated rings. The van der Waals surface area contributed by atoms with Gasteiger partial charge >= 0.3 is 6.18 Å².